The number of thioether (sulfide) groups is 1. The van der Waals surface area contributed by atoms with Crippen LogP contribution in [-0.4, -0.2) is 46.7 Å². The van der Waals surface area contributed by atoms with Gasteiger partial charge in [0.15, 0.2) is 10.8 Å². The van der Waals surface area contributed by atoms with Crippen LogP contribution in [0.3, 0.4) is 0 Å². The maximum atomic E-state index is 5.35. The summed E-state index contributed by atoms with van der Waals surface area (Å²) >= 11 is 1.73. The zero-order valence-electron chi connectivity index (χ0n) is 10.8. The molecule has 0 bridgehead atoms. The van der Waals surface area contributed by atoms with E-state index >= 15 is 0 Å². The predicted molar refractivity (Wildman–Crippen MR) is 75.5 cm³/mol. The van der Waals surface area contributed by atoms with Crippen LogP contribution < -0.4 is 5.32 Å². The van der Waals surface area contributed by atoms with Gasteiger partial charge in [-0.15, -0.1) is 10.2 Å². The number of fused-ring (bicyclic) bond motifs is 1. The molecule has 2 aromatic heterocycles. The van der Waals surface area contributed by atoms with E-state index in [1.807, 2.05) is 28.8 Å². The van der Waals surface area contributed by atoms with Gasteiger partial charge in [-0.2, -0.15) is 0 Å². The lowest BCUT2D eigenvalue weighted by Crippen LogP contribution is -2.25. The normalized spacial score (nSPS) is 19.3. The van der Waals surface area contributed by atoms with E-state index in [0.717, 1.165) is 42.9 Å². The van der Waals surface area contributed by atoms with Crippen LogP contribution in [0.25, 0.3) is 5.65 Å². The molecule has 0 radical (unpaired) electrons. The van der Waals surface area contributed by atoms with Gasteiger partial charge in [0.25, 0.3) is 0 Å². The van der Waals surface area contributed by atoms with Crippen molar-refractivity contribution in [3.8, 4) is 0 Å². The molecule has 1 unspecified atom stereocenters. The van der Waals surface area contributed by atoms with E-state index in [-0.39, 0.29) is 0 Å². The van der Waals surface area contributed by atoms with Crippen LogP contribution in [0.4, 0.5) is 0 Å². The summed E-state index contributed by atoms with van der Waals surface area (Å²) in [7, 11) is 0. The molecule has 0 saturated carbocycles. The smallest absolute Gasteiger partial charge is 0.195 e. The minimum absolute atomic E-state index is 0.693. The molecular weight excluding hydrogens is 260 g/mol. The van der Waals surface area contributed by atoms with Gasteiger partial charge < -0.3 is 10.1 Å². The Bertz CT molecular complexity index is 524. The Hall–Kier alpha value is -1.11. The van der Waals surface area contributed by atoms with Crippen LogP contribution in [0, 0.1) is 5.92 Å². The van der Waals surface area contributed by atoms with Gasteiger partial charge in [-0.05, 0) is 24.5 Å². The van der Waals surface area contributed by atoms with Crippen molar-refractivity contribution in [3.05, 3.63) is 24.4 Å². The zero-order chi connectivity index (χ0) is 12.9. The summed E-state index contributed by atoms with van der Waals surface area (Å²) in [5.74, 6) is 1.70. The molecular formula is C13H18N4OS. The summed E-state index contributed by atoms with van der Waals surface area (Å²) in [6.45, 7) is 3.88. The molecule has 1 aliphatic rings. The number of hydrogen-bond acceptors (Lipinski definition) is 5. The maximum absolute atomic E-state index is 5.35. The third-order valence-corrected chi connectivity index (χ3v) is 4.19. The second kappa shape index (κ2) is 6.36. The molecule has 1 N–H and O–H groups in total. The highest BCUT2D eigenvalue weighted by atomic mass is 32.2. The van der Waals surface area contributed by atoms with Crippen molar-refractivity contribution < 1.29 is 4.74 Å². The van der Waals surface area contributed by atoms with E-state index in [1.54, 1.807) is 11.8 Å². The minimum atomic E-state index is 0.693. The van der Waals surface area contributed by atoms with Crippen molar-refractivity contribution in [3.63, 3.8) is 0 Å². The molecule has 0 spiro atoms. The van der Waals surface area contributed by atoms with Gasteiger partial charge in [0.1, 0.15) is 0 Å². The van der Waals surface area contributed by atoms with Gasteiger partial charge >= 0.3 is 0 Å². The second-order valence-electron chi connectivity index (χ2n) is 4.69. The van der Waals surface area contributed by atoms with Gasteiger partial charge in [0, 0.05) is 31.6 Å². The van der Waals surface area contributed by atoms with Crippen LogP contribution in [0.2, 0.25) is 0 Å². The molecule has 5 nitrogen and oxygen atoms in total. The van der Waals surface area contributed by atoms with Crippen LogP contribution >= 0.6 is 11.8 Å². The summed E-state index contributed by atoms with van der Waals surface area (Å²) in [5, 5.41) is 12.8. The Kier molecular flexibility index (Phi) is 4.32. The number of aromatic nitrogens is 3. The molecule has 1 fully saturated rings. The van der Waals surface area contributed by atoms with Crippen LogP contribution in [0.15, 0.2) is 29.6 Å². The number of nitrogens with one attached hydrogen (secondary N) is 1. The molecule has 0 amide bonds. The van der Waals surface area contributed by atoms with Crippen molar-refractivity contribution in [1.82, 2.24) is 19.9 Å². The first-order valence-corrected chi connectivity index (χ1v) is 7.63. The number of nitrogens with zero attached hydrogens (tertiary/aromatic N) is 3. The van der Waals surface area contributed by atoms with E-state index in [0.29, 0.717) is 5.92 Å². The molecule has 102 valence electrons. The van der Waals surface area contributed by atoms with Crippen LogP contribution in [0.5, 0.6) is 0 Å². The summed E-state index contributed by atoms with van der Waals surface area (Å²) in [4.78, 5) is 0. The van der Waals surface area contributed by atoms with Crippen molar-refractivity contribution in [2.24, 2.45) is 5.92 Å². The van der Waals surface area contributed by atoms with Crippen molar-refractivity contribution in [2.45, 2.75) is 11.6 Å². The van der Waals surface area contributed by atoms with E-state index in [1.165, 1.54) is 6.42 Å². The first-order valence-electron chi connectivity index (χ1n) is 6.64. The highest BCUT2D eigenvalue weighted by molar-refractivity contribution is 7.99. The number of hydrogen-bond donors (Lipinski definition) is 1. The Morgan fingerprint density at radius 1 is 1.42 bits per heavy atom. The van der Waals surface area contributed by atoms with E-state index in [4.69, 9.17) is 4.74 Å². The van der Waals surface area contributed by atoms with Crippen molar-refractivity contribution >= 4 is 17.4 Å². The number of ether oxygens (including phenoxy) is 1. The fraction of sp³-hybridized carbons (Fsp3) is 0.538. The monoisotopic (exact) mass is 278 g/mol. The van der Waals surface area contributed by atoms with E-state index in [2.05, 4.69) is 15.5 Å². The molecule has 0 aromatic carbocycles. The lowest BCUT2D eigenvalue weighted by atomic mass is 10.1. The quantitative estimate of drug-likeness (QED) is 0.640. The molecule has 19 heavy (non-hydrogen) atoms. The van der Waals surface area contributed by atoms with Gasteiger partial charge in [-0.1, -0.05) is 17.8 Å². The molecule has 3 heterocycles. The first kappa shape index (κ1) is 12.9. The largest absolute Gasteiger partial charge is 0.381 e. The lowest BCUT2D eigenvalue weighted by molar-refractivity contribution is 0.185. The Labute approximate surface area is 116 Å². The summed E-state index contributed by atoms with van der Waals surface area (Å²) in [6, 6.07) is 5.94. The first-order chi connectivity index (χ1) is 9.43. The Morgan fingerprint density at radius 3 is 3.32 bits per heavy atom. The molecule has 3 rings (SSSR count). The average molecular weight is 278 g/mol. The minimum Gasteiger partial charge on any atom is -0.381 e. The fourth-order valence-corrected chi connectivity index (χ4v) is 3.00. The summed E-state index contributed by atoms with van der Waals surface area (Å²) < 4.78 is 7.38. The third kappa shape index (κ3) is 3.26. The van der Waals surface area contributed by atoms with E-state index in [9.17, 15) is 0 Å². The molecule has 1 aliphatic heterocycles. The lowest BCUT2D eigenvalue weighted by Gasteiger charge is -2.08. The van der Waals surface area contributed by atoms with Gasteiger partial charge in [-0.25, -0.2) is 0 Å². The summed E-state index contributed by atoms with van der Waals surface area (Å²) in [6.07, 6.45) is 3.19. The number of pyridine rings is 1. The molecule has 6 heteroatoms. The molecule has 1 saturated heterocycles. The second-order valence-corrected chi connectivity index (χ2v) is 5.76. The van der Waals surface area contributed by atoms with Crippen LogP contribution in [-0.2, 0) is 4.74 Å². The Morgan fingerprint density at radius 2 is 2.42 bits per heavy atom. The van der Waals surface area contributed by atoms with Crippen LogP contribution in [0.1, 0.15) is 6.42 Å². The Balaban J connectivity index is 1.42. The van der Waals surface area contributed by atoms with Crippen molar-refractivity contribution in [1.29, 1.82) is 0 Å². The van der Waals surface area contributed by atoms with Gasteiger partial charge in [0.05, 0.1) is 6.61 Å². The molecule has 0 aliphatic carbocycles. The predicted octanol–water partition coefficient (Wildman–Crippen LogP) is 1.45. The number of rotatable bonds is 6. The van der Waals surface area contributed by atoms with Gasteiger partial charge in [0.2, 0.25) is 0 Å². The summed E-state index contributed by atoms with van der Waals surface area (Å²) in [5.41, 5.74) is 0.904. The third-order valence-electron chi connectivity index (χ3n) is 3.25. The van der Waals surface area contributed by atoms with E-state index < -0.39 is 0 Å². The zero-order valence-corrected chi connectivity index (χ0v) is 11.6. The molecule has 1 atom stereocenters. The maximum Gasteiger partial charge on any atom is 0.195 e. The average Bonchev–Trinajstić information content (AvgIpc) is 3.08. The van der Waals surface area contributed by atoms with Gasteiger partial charge in [-0.3, -0.25) is 4.40 Å². The van der Waals surface area contributed by atoms with Crippen molar-refractivity contribution in [2.75, 3.05) is 32.1 Å². The standard InChI is InChI=1S/C13H18N4OS/c1-2-6-17-12(3-1)15-16-13(17)19-8-5-14-9-11-4-7-18-10-11/h1-3,6,11,14H,4-5,7-10H2. The highest BCUT2D eigenvalue weighted by Gasteiger charge is 2.14. The fourth-order valence-electron chi connectivity index (χ4n) is 2.18. The molecule has 2 aromatic rings. The topological polar surface area (TPSA) is 51.5 Å². The highest BCUT2D eigenvalue weighted by Crippen LogP contribution is 2.16. The SMILES string of the molecule is c1ccn2c(SCCNCC3CCOC3)nnc2c1.